The largest absolute Gasteiger partial charge is 0.463 e. The molecule has 6 nitrogen and oxygen atoms in total. The van der Waals surface area contributed by atoms with E-state index in [1.165, 1.54) is 71.1 Å². The van der Waals surface area contributed by atoms with Crippen molar-refractivity contribution in [3.05, 3.63) is 11.8 Å². The normalized spacial score (nSPS) is 11.6. The summed E-state index contributed by atoms with van der Waals surface area (Å²) in [5, 5.41) is 17.8. The first-order valence-corrected chi connectivity index (χ1v) is 12.8. The fourth-order valence-electron chi connectivity index (χ4n) is 3.17. The summed E-state index contributed by atoms with van der Waals surface area (Å²) >= 11 is 0. The smallest absolute Gasteiger partial charge is 0.308 e. The van der Waals surface area contributed by atoms with Crippen LogP contribution in [0.1, 0.15) is 110 Å². The summed E-state index contributed by atoms with van der Waals surface area (Å²) in [6.07, 6.45) is 17.4. The first-order valence-electron chi connectivity index (χ1n) is 12.8. The molecule has 0 aliphatic heterocycles. The van der Waals surface area contributed by atoms with Gasteiger partial charge in [0.2, 0.25) is 0 Å². The monoisotopic (exact) mass is 476 g/mol. The predicted molar refractivity (Wildman–Crippen MR) is 134 cm³/mol. The van der Waals surface area contributed by atoms with Crippen LogP contribution < -0.4 is 0 Å². The lowest BCUT2D eigenvalue weighted by Gasteiger charge is -2.07. The SMILES string of the molecule is CCCCCCCCCCCCCC/C=C(/C#CC#CCCC(=O)OC[C@H](O)CO)OC(C)=O. The predicted octanol–water partition coefficient (Wildman–Crippen LogP) is 5.21. The molecule has 0 bridgehead atoms. The van der Waals surface area contributed by atoms with E-state index in [2.05, 4.69) is 30.6 Å². The summed E-state index contributed by atoms with van der Waals surface area (Å²) in [6, 6.07) is 0. The first-order chi connectivity index (χ1) is 16.5. The zero-order chi connectivity index (χ0) is 25.3. The number of aliphatic hydroxyl groups is 2. The number of hydrogen-bond acceptors (Lipinski definition) is 6. The summed E-state index contributed by atoms with van der Waals surface area (Å²) in [6.45, 7) is 2.89. The quantitative estimate of drug-likeness (QED) is 0.115. The molecule has 0 amide bonds. The van der Waals surface area contributed by atoms with Crippen LogP contribution in [0.5, 0.6) is 0 Å². The van der Waals surface area contributed by atoms with Crippen LogP contribution in [0.4, 0.5) is 0 Å². The molecule has 0 saturated carbocycles. The number of esters is 2. The van der Waals surface area contributed by atoms with Gasteiger partial charge in [-0.15, -0.1) is 0 Å². The van der Waals surface area contributed by atoms with Crippen molar-refractivity contribution in [1.29, 1.82) is 0 Å². The van der Waals surface area contributed by atoms with Crippen molar-refractivity contribution in [2.75, 3.05) is 13.2 Å². The van der Waals surface area contributed by atoms with Gasteiger partial charge in [-0.1, -0.05) is 83.5 Å². The van der Waals surface area contributed by atoms with Crippen LogP contribution in [0.3, 0.4) is 0 Å². The van der Waals surface area contributed by atoms with Gasteiger partial charge in [-0.05, 0) is 36.7 Å². The summed E-state index contributed by atoms with van der Waals surface area (Å²) in [7, 11) is 0. The number of aliphatic hydroxyl groups excluding tert-OH is 2. The van der Waals surface area contributed by atoms with Crippen LogP contribution in [0.2, 0.25) is 0 Å². The summed E-state index contributed by atoms with van der Waals surface area (Å²) in [5.74, 6) is 10.1. The van der Waals surface area contributed by atoms with E-state index in [0.717, 1.165) is 19.3 Å². The molecule has 0 saturated heterocycles. The number of carbonyl (C=O) groups is 2. The van der Waals surface area contributed by atoms with E-state index in [-0.39, 0.29) is 19.4 Å². The second kappa shape index (κ2) is 23.9. The summed E-state index contributed by atoms with van der Waals surface area (Å²) < 4.78 is 9.91. The molecule has 0 aromatic heterocycles. The molecule has 34 heavy (non-hydrogen) atoms. The Balaban J connectivity index is 4.05. The van der Waals surface area contributed by atoms with Crippen LogP contribution in [0.25, 0.3) is 0 Å². The van der Waals surface area contributed by atoms with Crippen molar-refractivity contribution in [1.82, 2.24) is 0 Å². The molecule has 1 atom stereocenters. The Morgan fingerprint density at radius 3 is 2.06 bits per heavy atom. The Kier molecular flexibility index (Phi) is 22.3. The minimum absolute atomic E-state index is 0.0679. The molecule has 0 radical (unpaired) electrons. The number of hydrogen-bond donors (Lipinski definition) is 2. The Hall–Kier alpha value is -2.28. The Labute approximate surface area is 206 Å². The van der Waals surface area contributed by atoms with Crippen LogP contribution >= 0.6 is 0 Å². The van der Waals surface area contributed by atoms with E-state index < -0.39 is 24.6 Å². The molecular formula is C28H44O6. The third-order valence-corrected chi connectivity index (χ3v) is 5.08. The zero-order valence-corrected chi connectivity index (χ0v) is 21.2. The lowest BCUT2D eigenvalue weighted by molar-refractivity contribution is -0.147. The maximum atomic E-state index is 11.4. The molecule has 0 aromatic carbocycles. The molecule has 0 heterocycles. The summed E-state index contributed by atoms with van der Waals surface area (Å²) in [5.41, 5.74) is 0. The molecule has 0 fully saturated rings. The highest BCUT2D eigenvalue weighted by molar-refractivity contribution is 5.69. The van der Waals surface area contributed by atoms with Crippen LogP contribution in [0, 0.1) is 23.7 Å². The third kappa shape index (κ3) is 22.9. The molecule has 0 unspecified atom stereocenters. The minimum Gasteiger partial charge on any atom is -0.463 e. The molecule has 0 aliphatic carbocycles. The highest BCUT2D eigenvalue weighted by Gasteiger charge is 2.06. The molecular weight excluding hydrogens is 432 g/mol. The van der Waals surface area contributed by atoms with Gasteiger partial charge in [0.1, 0.15) is 12.7 Å². The van der Waals surface area contributed by atoms with E-state index >= 15 is 0 Å². The third-order valence-electron chi connectivity index (χ3n) is 5.08. The van der Waals surface area contributed by atoms with Crippen LogP contribution in [-0.4, -0.2) is 41.5 Å². The first kappa shape index (κ1) is 31.7. The zero-order valence-electron chi connectivity index (χ0n) is 21.2. The van der Waals surface area contributed by atoms with Gasteiger partial charge >= 0.3 is 11.9 Å². The van der Waals surface area contributed by atoms with Gasteiger partial charge in [0.05, 0.1) is 13.0 Å². The molecule has 0 aromatic rings. The van der Waals surface area contributed by atoms with Gasteiger partial charge in [-0.25, -0.2) is 0 Å². The number of carbonyl (C=O) groups excluding carboxylic acids is 2. The Morgan fingerprint density at radius 2 is 1.50 bits per heavy atom. The summed E-state index contributed by atoms with van der Waals surface area (Å²) in [4.78, 5) is 22.7. The van der Waals surface area contributed by atoms with Crippen molar-refractivity contribution >= 4 is 11.9 Å². The Bertz CT molecular complexity index is 689. The molecule has 0 spiro atoms. The van der Waals surface area contributed by atoms with E-state index in [1.54, 1.807) is 0 Å². The number of rotatable bonds is 19. The fraction of sp³-hybridized carbons (Fsp3) is 0.714. The van der Waals surface area contributed by atoms with Gasteiger partial charge in [0, 0.05) is 13.3 Å². The molecule has 192 valence electrons. The average molecular weight is 477 g/mol. The topological polar surface area (TPSA) is 93.1 Å². The second-order valence-electron chi connectivity index (χ2n) is 8.41. The standard InChI is InChI=1S/C28H44O6/c1-3-4-5-6-7-8-9-10-11-12-13-14-17-20-27(34-25(2)30)21-18-15-16-19-22-28(32)33-24-26(31)23-29/h20,26,29,31H,3-14,17,19,22-24H2,1-2H3/b27-20-/t26-/m1/s1. The lowest BCUT2D eigenvalue weighted by atomic mass is 10.0. The maximum Gasteiger partial charge on any atom is 0.308 e. The van der Waals surface area contributed by atoms with E-state index in [4.69, 9.17) is 19.7 Å². The molecule has 0 aliphatic rings. The average Bonchev–Trinajstić information content (AvgIpc) is 2.81. The Morgan fingerprint density at radius 1 is 0.912 bits per heavy atom. The van der Waals surface area contributed by atoms with Gasteiger partial charge < -0.3 is 19.7 Å². The lowest BCUT2D eigenvalue weighted by Crippen LogP contribution is -2.21. The van der Waals surface area contributed by atoms with E-state index in [1.807, 2.05) is 6.08 Å². The number of unbranched alkanes of at least 4 members (excludes halogenated alkanes) is 12. The molecule has 2 N–H and O–H groups in total. The fourth-order valence-corrected chi connectivity index (χ4v) is 3.17. The highest BCUT2D eigenvalue weighted by atomic mass is 16.5. The van der Waals surface area contributed by atoms with Crippen molar-refractivity contribution in [2.45, 2.75) is 116 Å². The van der Waals surface area contributed by atoms with Crippen molar-refractivity contribution in [3.8, 4) is 23.7 Å². The molecule has 6 heteroatoms. The highest BCUT2D eigenvalue weighted by Crippen LogP contribution is 2.13. The van der Waals surface area contributed by atoms with Gasteiger partial charge in [-0.3, -0.25) is 9.59 Å². The van der Waals surface area contributed by atoms with Crippen LogP contribution in [-0.2, 0) is 19.1 Å². The van der Waals surface area contributed by atoms with Gasteiger partial charge in [0.25, 0.3) is 0 Å². The number of allylic oxidation sites excluding steroid dienone is 2. The second-order valence-corrected chi connectivity index (χ2v) is 8.41. The minimum atomic E-state index is -1.07. The van der Waals surface area contributed by atoms with E-state index in [9.17, 15) is 9.59 Å². The number of ether oxygens (including phenoxy) is 2. The van der Waals surface area contributed by atoms with Crippen molar-refractivity contribution in [3.63, 3.8) is 0 Å². The van der Waals surface area contributed by atoms with Gasteiger partial charge in [-0.2, -0.15) is 0 Å². The van der Waals surface area contributed by atoms with Crippen LogP contribution in [0.15, 0.2) is 11.8 Å². The van der Waals surface area contributed by atoms with Gasteiger partial charge in [0.15, 0.2) is 5.76 Å². The molecule has 0 rings (SSSR count). The van der Waals surface area contributed by atoms with Crippen molar-refractivity contribution < 1.29 is 29.3 Å². The maximum absolute atomic E-state index is 11.4. The van der Waals surface area contributed by atoms with E-state index in [0.29, 0.717) is 5.76 Å². The van der Waals surface area contributed by atoms with Crippen molar-refractivity contribution in [2.24, 2.45) is 0 Å².